The van der Waals surface area contributed by atoms with Crippen molar-refractivity contribution >= 4 is 0 Å². The van der Waals surface area contributed by atoms with E-state index in [0.29, 0.717) is 5.56 Å². The third-order valence-corrected chi connectivity index (χ3v) is 2.89. The molecule has 1 aromatic carbocycles. The first-order valence-corrected chi connectivity index (χ1v) is 6.03. The quantitative estimate of drug-likeness (QED) is 0.835. The van der Waals surface area contributed by atoms with Crippen LogP contribution in [0, 0.1) is 0 Å². The van der Waals surface area contributed by atoms with Crippen LogP contribution in [-0.2, 0) is 26.0 Å². The molecule has 0 fully saturated rings. The number of rotatable bonds is 5. The van der Waals surface area contributed by atoms with Crippen LogP contribution in [0.3, 0.4) is 0 Å². The molecule has 0 atom stereocenters. The van der Waals surface area contributed by atoms with E-state index in [0.717, 1.165) is 30.6 Å². The molecule has 0 saturated heterocycles. The maximum absolute atomic E-state index is 9.47. The minimum absolute atomic E-state index is 0.137. The number of aromatic hydroxyl groups is 1. The van der Waals surface area contributed by atoms with Crippen molar-refractivity contribution in [2.75, 3.05) is 0 Å². The van der Waals surface area contributed by atoms with Crippen molar-refractivity contribution in [2.24, 2.45) is 0 Å². The Bertz CT molecular complexity index is 523. The number of aliphatic hydroxyl groups is 1. The third kappa shape index (κ3) is 2.87. The average Bonchev–Trinajstić information content (AvgIpc) is 2.86. The van der Waals surface area contributed by atoms with Gasteiger partial charge < -0.3 is 10.2 Å². The van der Waals surface area contributed by atoms with Crippen molar-refractivity contribution in [1.29, 1.82) is 0 Å². The van der Waals surface area contributed by atoms with E-state index >= 15 is 0 Å². The molecule has 0 radical (unpaired) electrons. The number of hydrogen-bond acceptors (Lipinski definition) is 4. The van der Waals surface area contributed by atoms with Crippen molar-refractivity contribution in [3.05, 3.63) is 41.2 Å². The van der Waals surface area contributed by atoms with Gasteiger partial charge in [-0.2, -0.15) is 0 Å². The second-order valence-corrected chi connectivity index (χ2v) is 4.19. The summed E-state index contributed by atoms with van der Waals surface area (Å²) in [5, 5.41) is 26.6. The Morgan fingerprint density at radius 2 is 2.11 bits per heavy atom. The lowest BCUT2D eigenvalue weighted by Crippen LogP contribution is -1.94. The lowest BCUT2D eigenvalue weighted by atomic mass is 10.0. The summed E-state index contributed by atoms with van der Waals surface area (Å²) in [6.07, 6.45) is 3.55. The summed E-state index contributed by atoms with van der Waals surface area (Å²) < 4.78 is 1.80. The highest BCUT2D eigenvalue weighted by molar-refractivity contribution is 5.35. The van der Waals surface area contributed by atoms with E-state index < -0.39 is 0 Å². The van der Waals surface area contributed by atoms with Gasteiger partial charge in [0.15, 0.2) is 0 Å². The molecule has 0 spiro atoms. The van der Waals surface area contributed by atoms with Crippen molar-refractivity contribution < 1.29 is 10.2 Å². The number of aromatic nitrogens is 3. The maximum atomic E-state index is 9.47. The Morgan fingerprint density at radius 3 is 2.78 bits per heavy atom. The minimum atomic E-state index is -0.147. The van der Waals surface area contributed by atoms with Crippen LogP contribution in [0.4, 0.5) is 0 Å². The number of aryl methyl sites for hydroxylation is 3. The van der Waals surface area contributed by atoms with Crippen LogP contribution in [-0.4, -0.2) is 25.2 Å². The van der Waals surface area contributed by atoms with Crippen molar-refractivity contribution in [1.82, 2.24) is 15.0 Å². The molecule has 0 aliphatic carbocycles. The SMILES string of the molecule is CCn1cc(CCc2ccc(O)c(CO)c2)nn1. The normalized spacial score (nSPS) is 10.8. The number of hydrogen-bond donors (Lipinski definition) is 2. The summed E-state index contributed by atoms with van der Waals surface area (Å²) in [6.45, 7) is 2.69. The van der Waals surface area contributed by atoms with Crippen LogP contribution in [0.5, 0.6) is 5.75 Å². The molecule has 0 saturated carbocycles. The van der Waals surface area contributed by atoms with Crippen LogP contribution < -0.4 is 0 Å². The van der Waals surface area contributed by atoms with Gasteiger partial charge in [0.1, 0.15) is 5.75 Å². The second-order valence-electron chi connectivity index (χ2n) is 4.19. The molecule has 0 aliphatic rings. The Labute approximate surface area is 106 Å². The second kappa shape index (κ2) is 5.64. The van der Waals surface area contributed by atoms with Gasteiger partial charge in [-0.1, -0.05) is 11.3 Å². The predicted molar refractivity (Wildman–Crippen MR) is 67.1 cm³/mol. The Hall–Kier alpha value is -1.88. The molecule has 0 aliphatic heterocycles. The minimum Gasteiger partial charge on any atom is -0.508 e. The first kappa shape index (κ1) is 12.6. The fourth-order valence-electron chi connectivity index (χ4n) is 1.80. The molecule has 0 amide bonds. The summed E-state index contributed by atoms with van der Waals surface area (Å²) in [5.41, 5.74) is 2.59. The van der Waals surface area contributed by atoms with Gasteiger partial charge in [0.05, 0.1) is 12.3 Å². The van der Waals surface area contributed by atoms with Gasteiger partial charge in [-0.3, -0.25) is 4.68 Å². The highest BCUT2D eigenvalue weighted by atomic mass is 16.3. The summed E-state index contributed by atoms with van der Waals surface area (Å²) in [6, 6.07) is 5.29. The lowest BCUT2D eigenvalue weighted by molar-refractivity contribution is 0.275. The van der Waals surface area contributed by atoms with E-state index in [2.05, 4.69) is 10.3 Å². The standard InChI is InChI=1S/C13H17N3O2/c1-2-16-8-12(14-15-16)5-3-10-4-6-13(18)11(7-10)9-17/h4,6-8,17-18H,2-3,5,9H2,1H3. The van der Waals surface area contributed by atoms with Crippen LogP contribution in [0.25, 0.3) is 0 Å². The van der Waals surface area contributed by atoms with Crippen LogP contribution >= 0.6 is 0 Å². The molecule has 96 valence electrons. The topological polar surface area (TPSA) is 71.2 Å². The van der Waals surface area contributed by atoms with E-state index in [1.807, 2.05) is 25.3 Å². The molecule has 1 aromatic heterocycles. The largest absolute Gasteiger partial charge is 0.508 e. The van der Waals surface area contributed by atoms with Crippen molar-refractivity contribution in [2.45, 2.75) is 32.9 Å². The maximum Gasteiger partial charge on any atom is 0.121 e. The van der Waals surface area contributed by atoms with Gasteiger partial charge >= 0.3 is 0 Å². The van der Waals surface area contributed by atoms with Gasteiger partial charge in [0.25, 0.3) is 0 Å². The van der Waals surface area contributed by atoms with Gasteiger partial charge in [0.2, 0.25) is 0 Å². The molecule has 2 N–H and O–H groups in total. The van der Waals surface area contributed by atoms with Gasteiger partial charge in [-0.15, -0.1) is 5.10 Å². The molecule has 1 heterocycles. The van der Waals surface area contributed by atoms with Gasteiger partial charge in [-0.25, -0.2) is 0 Å². The molecule has 2 rings (SSSR count). The molecule has 0 bridgehead atoms. The Balaban J connectivity index is 2.01. The lowest BCUT2D eigenvalue weighted by Gasteiger charge is -2.04. The molecule has 5 heteroatoms. The fraction of sp³-hybridized carbons (Fsp3) is 0.385. The average molecular weight is 247 g/mol. The molecule has 2 aromatic rings. The van der Waals surface area contributed by atoms with Crippen molar-refractivity contribution in [3.8, 4) is 5.75 Å². The van der Waals surface area contributed by atoms with Crippen LogP contribution in [0.1, 0.15) is 23.7 Å². The molecular weight excluding hydrogens is 230 g/mol. The molecule has 0 unspecified atom stereocenters. The molecular formula is C13H17N3O2. The third-order valence-electron chi connectivity index (χ3n) is 2.89. The Morgan fingerprint density at radius 1 is 1.28 bits per heavy atom. The first-order valence-electron chi connectivity index (χ1n) is 6.03. The number of aliphatic hydroxyl groups excluding tert-OH is 1. The first-order chi connectivity index (χ1) is 8.72. The van der Waals surface area contributed by atoms with Gasteiger partial charge in [-0.05, 0) is 37.5 Å². The number of phenols is 1. The van der Waals surface area contributed by atoms with E-state index in [4.69, 9.17) is 5.11 Å². The summed E-state index contributed by atoms with van der Waals surface area (Å²) >= 11 is 0. The zero-order valence-corrected chi connectivity index (χ0v) is 10.4. The van der Waals surface area contributed by atoms with E-state index in [1.165, 1.54) is 0 Å². The zero-order chi connectivity index (χ0) is 13.0. The highest BCUT2D eigenvalue weighted by Gasteiger charge is 2.04. The number of benzene rings is 1. The van der Waals surface area contributed by atoms with Crippen molar-refractivity contribution in [3.63, 3.8) is 0 Å². The zero-order valence-electron chi connectivity index (χ0n) is 10.4. The van der Waals surface area contributed by atoms with E-state index in [9.17, 15) is 5.11 Å². The summed E-state index contributed by atoms with van der Waals surface area (Å²) in [5.74, 6) is 0.137. The smallest absolute Gasteiger partial charge is 0.121 e. The summed E-state index contributed by atoms with van der Waals surface area (Å²) in [7, 11) is 0. The molecule has 5 nitrogen and oxygen atoms in total. The fourth-order valence-corrected chi connectivity index (χ4v) is 1.80. The highest BCUT2D eigenvalue weighted by Crippen LogP contribution is 2.19. The van der Waals surface area contributed by atoms with E-state index in [-0.39, 0.29) is 12.4 Å². The summed E-state index contributed by atoms with van der Waals surface area (Å²) in [4.78, 5) is 0. The predicted octanol–water partition coefficient (Wildman–Crippen LogP) is 1.28. The number of nitrogens with zero attached hydrogens (tertiary/aromatic N) is 3. The van der Waals surface area contributed by atoms with Crippen LogP contribution in [0.2, 0.25) is 0 Å². The van der Waals surface area contributed by atoms with Gasteiger partial charge in [0, 0.05) is 18.3 Å². The van der Waals surface area contributed by atoms with E-state index in [1.54, 1.807) is 10.7 Å². The van der Waals surface area contributed by atoms with Crippen LogP contribution in [0.15, 0.2) is 24.4 Å². The molecule has 18 heavy (non-hydrogen) atoms. The Kier molecular flexibility index (Phi) is 3.94. The monoisotopic (exact) mass is 247 g/mol.